The van der Waals surface area contributed by atoms with Gasteiger partial charge in [-0.15, -0.1) is 11.3 Å². The molecule has 2 amide bonds. The number of carbonyl (C=O) groups is 2. The number of carbonyl (C=O) groups excluding carboxylic acids is 2. The van der Waals surface area contributed by atoms with Crippen LogP contribution in [0, 0.1) is 11.8 Å². The van der Waals surface area contributed by atoms with Crippen LogP contribution < -0.4 is 10.6 Å². The van der Waals surface area contributed by atoms with Gasteiger partial charge < -0.3 is 15.4 Å². The molecule has 134 valence electrons. The zero-order valence-electron chi connectivity index (χ0n) is 14.8. The van der Waals surface area contributed by atoms with E-state index in [1.54, 1.807) is 0 Å². The second-order valence-electron chi connectivity index (χ2n) is 6.94. The molecule has 1 atom stereocenters. The van der Waals surface area contributed by atoms with Gasteiger partial charge in [-0.25, -0.2) is 9.78 Å². The van der Waals surface area contributed by atoms with Gasteiger partial charge in [-0.1, -0.05) is 27.7 Å². The molecule has 0 bridgehead atoms. The van der Waals surface area contributed by atoms with Crippen LogP contribution in [0.4, 0.5) is 9.93 Å². The molecule has 1 unspecified atom stereocenters. The lowest BCUT2D eigenvalue weighted by atomic mass is 10.0. The summed E-state index contributed by atoms with van der Waals surface area (Å²) >= 11 is 1.54. The minimum atomic E-state index is -0.648. The molecule has 2 rings (SSSR count). The van der Waals surface area contributed by atoms with E-state index >= 15 is 0 Å². The van der Waals surface area contributed by atoms with Crippen LogP contribution in [0.5, 0.6) is 0 Å². The fourth-order valence-corrected chi connectivity index (χ4v) is 3.59. The summed E-state index contributed by atoms with van der Waals surface area (Å²) in [5, 5.41) is 6.13. The summed E-state index contributed by atoms with van der Waals surface area (Å²) in [5.74, 6) is -0.0486. The number of aryl methyl sites for hydroxylation is 2. The third kappa shape index (κ3) is 5.19. The fourth-order valence-electron chi connectivity index (χ4n) is 2.53. The Morgan fingerprint density at radius 1 is 1.21 bits per heavy atom. The maximum atomic E-state index is 12.5. The van der Waals surface area contributed by atoms with E-state index in [0.717, 1.165) is 25.0 Å². The number of hydrogen-bond acceptors (Lipinski definition) is 5. The largest absolute Gasteiger partial charge is 0.449 e. The number of nitrogens with one attached hydrogen (secondary N) is 2. The monoisotopic (exact) mass is 353 g/mol. The van der Waals surface area contributed by atoms with Crippen molar-refractivity contribution in [3.63, 3.8) is 0 Å². The van der Waals surface area contributed by atoms with Crippen LogP contribution in [0.2, 0.25) is 0 Å². The fraction of sp³-hybridized carbons (Fsp3) is 0.706. The zero-order valence-corrected chi connectivity index (χ0v) is 15.7. The van der Waals surface area contributed by atoms with Crippen LogP contribution >= 0.6 is 11.3 Å². The van der Waals surface area contributed by atoms with E-state index in [1.807, 2.05) is 27.7 Å². The maximum absolute atomic E-state index is 12.5. The summed E-state index contributed by atoms with van der Waals surface area (Å²) in [5.41, 5.74) is 1.10. The topological polar surface area (TPSA) is 80.3 Å². The summed E-state index contributed by atoms with van der Waals surface area (Å²) in [7, 11) is 0. The first kappa shape index (κ1) is 18.7. The lowest BCUT2D eigenvalue weighted by molar-refractivity contribution is -0.119. The molecule has 24 heavy (non-hydrogen) atoms. The number of anilines is 1. The Morgan fingerprint density at radius 2 is 1.92 bits per heavy atom. The Morgan fingerprint density at radius 3 is 2.54 bits per heavy atom. The lowest BCUT2D eigenvalue weighted by Crippen LogP contribution is -2.47. The molecule has 1 aliphatic carbocycles. The average Bonchev–Trinajstić information content (AvgIpc) is 2.92. The third-order valence-corrected chi connectivity index (χ3v) is 4.92. The average molecular weight is 353 g/mol. The number of amides is 2. The molecule has 1 aliphatic rings. The second kappa shape index (κ2) is 8.46. The van der Waals surface area contributed by atoms with Gasteiger partial charge in [0.2, 0.25) is 5.91 Å². The van der Waals surface area contributed by atoms with Crippen LogP contribution in [0.3, 0.4) is 0 Å². The highest BCUT2D eigenvalue weighted by molar-refractivity contribution is 7.15. The number of thiazole rings is 1. The number of aromatic nitrogens is 1. The minimum Gasteiger partial charge on any atom is -0.449 e. The molecule has 0 aliphatic heterocycles. The normalized spacial score (nSPS) is 15.1. The van der Waals surface area contributed by atoms with E-state index in [4.69, 9.17) is 4.74 Å². The van der Waals surface area contributed by atoms with Crippen molar-refractivity contribution in [3.05, 3.63) is 10.6 Å². The number of alkyl carbamates (subject to hydrolysis) is 1. The van der Waals surface area contributed by atoms with E-state index in [1.165, 1.54) is 22.6 Å². The molecule has 0 saturated carbocycles. The van der Waals surface area contributed by atoms with E-state index in [-0.39, 0.29) is 17.7 Å². The second-order valence-corrected chi connectivity index (χ2v) is 8.03. The molecular formula is C17H27N3O3S. The predicted molar refractivity (Wildman–Crippen MR) is 95.3 cm³/mol. The van der Waals surface area contributed by atoms with Gasteiger partial charge in [0.1, 0.15) is 6.04 Å². The first-order chi connectivity index (χ1) is 11.4. The molecule has 7 heteroatoms. The highest BCUT2D eigenvalue weighted by atomic mass is 32.1. The Hall–Kier alpha value is -1.63. The molecule has 2 N–H and O–H groups in total. The third-order valence-electron chi connectivity index (χ3n) is 3.85. The van der Waals surface area contributed by atoms with Crippen molar-refractivity contribution in [2.75, 3.05) is 11.9 Å². The first-order valence-corrected chi connectivity index (χ1v) is 9.41. The molecule has 0 aromatic carbocycles. The van der Waals surface area contributed by atoms with Crippen molar-refractivity contribution in [1.82, 2.24) is 10.3 Å². The van der Waals surface area contributed by atoms with E-state index in [9.17, 15) is 9.59 Å². The zero-order chi connectivity index (χ0) is 17.7. The highest BCUT2D eigenvalue weighted by Gasteiger charge is 2.26. The van der Waals surface area contributed by atoms with Gasteiger partial charge in [-0.05, 0) is 37.5 Å². The first-order valence-electron chi connectivity index (χ1n) is 8.59. The van der Waals surface area contributed by atoms with Crippen LogP contribution in [-0.2, 0) is 22.4 Å². The Labute approximate surface area is 147 Å². The van der Waals surface area contributed by atoms with E-state index < -0.39 is 12.1 Å². The molecular weight excluding hydrogens is 326 g/mol. The van der Waals surface area contributed by atoms with Gasteiger partial charge in [-0.2, -0.15) is 0 Å². The lowest BCUT2D eigenvalue weighted by Gasteiger charge is -2.21. The van der Waals surface area contributed by atoms with Gasteiger partial charge in [-0.3, -0.25) is 4.79 Å². The summed E-state index contributed by atoms with van der Waals surface area (Å²) in [6.07, 6.45) is 3.80. The van der Waals surface area contributed by atoms with Gasteiger partial charge in [0.15, 0.2) is 5.13 Å². The van der Waals surface area contributed by atoms with Crippen molar-refractivity contribution in [1.29, 1.82) is 0 Å². The van der Waals surface area contributed by atoms with Crippen LogP contribution in [0.1, 0.15) is 51.1 Å². The minimum absolute atomic E-state index is 0.0498. The number of rotatable bonds is 6. The van der Waals surface area contributed by atoms with Crippen LogP contribution in [0.15, 0.2) is 0 Å². The number of hydrogen-bond donors (Lipinski definition) is 2. The molecule has 6 nitrogen and oxygen atoms in total. The van der Waals surface area contributed by atoms with Gasteiger partial charge >= 0.3 is 6.09 Å². The SMILES string of the molecule is CC(C)COC(=O)NC(C(=O)Nc1nc2c(s1)CCCC2)C(C)C. The summed E-state index contributed by atoms with van der Waals surface area (Å²) in [4.78, 5) is 30.2. The molecule has 0 spiro atoms. The highest BCUT2D eigenvalue weighted by Crippen LogP contribution is 2.29. The van der Waals surface area contributed by atoms with Crippen molar-refractivity contribution in [2.45, 2.75) is 59.4 Å². The smallest absolute Gasteiger partial charge is 0.407 e. The van der Waals surface area contributed by atoms with Crippen molar-refractivity contribution >= 4 is 28.5 Å². The Kier molecular flexibility index (Phi) is 6.60. The van der Waals surface area contributed by atoms with E-state index in [2.05, 4.69) is 15.6 Å². The predicted octanol–water partition coefficient (Wildman–Crippen LogP) is 3.37. The van der Waals surface area contributed by atoms with Crippen molar-refractivity contribution in [2.24, 2.45) is 11.8 Å². The van der Waals surface area contributed by atoms with Gasteiger partial charge in [0.25, 0.3) is 0 Å². The molecule has 0 radical (unpaired) electrons. The molecule has 1 aromatic heterocycles. The standard InChI is InChI=1S/C17H27N3O3S/c1-10(2)9-23-17(22)19-14(11(3)4)15(21)20-16-18-12-7-5-6-8-13(12)24-16/h10-11,14H,5-9H2,1-4H3,(H,19,22)(H,18,20,21). The molecule has 0 saturated heterocycles. The number of nitrogens with zero attached hydrogens (tertiary/aromatic N) is 1. The Bertz CT molecular complexity index is 560. The molecule has 1 aromatic rings. The van der Waals surface area contributed by atoms with Crippen molar-refractivity contribution in [3.8, 4) is 0 Å². The van der Waals surface area contributed by atoms with Crippen LogP contribution in [0.25, 0.3) is 0 Å². The summed E-state index contributed by atoms with van der Waals surface area (Å²) < 4.78 is 5.11. The quantitative estimate of drug-likeness (QED) is 0.822. The van der Waals surface area contributed by atoms with Gasteiger partial charge in [0, 0.05) is 4.88 Å². The van der Waals surface area contributed by atoms with E-state index in [0.29, 0.717) is 11.7 Å². The summed E-state index contributed by atoms with van der Waals surface area (Å²) in [6.45, 7) is 8.03. The van der Waals surface area contributed by atoms with Crippen LogP contribution in [-0.4, -0.2) is 29.6 Å². The Balaban J connectivity index is 1.95. The molecule has 0 fully saturated rings. The maximum Gasteiger partial charge on any atom is 0.407 e. The van der Waals surface area contributed by atoms with Gasteiger partial charge in [0.05, 0.1) is 12.3 Å². The summed E-state index contributed by atoms with van der Waals surface area (Å²) in [6, 6.07) is -0.648. The molecule has 1 heterocycles. The number of fused-ring (bicyclic) bond motifs is 1. The van der Waals surface area contributed by atoms with Crippen molar-refractivity contribution < 1.29 is 14.3 Å². The number of ether oxygens (including phenoxy) is 1.